The van der Waals surface area contributed by atoms with E-state index in [1.54, 1.807) is 12.1 Å². The van der Waals surface area contributed by atoms with Gasteiger partial charge in [-0.3, -0.25) is 4.79 Å². The van der Waals surface area contributed by atoms with Crippen molar-refractivity contribution in [3.63, 3.8) is 0 Å². The van der Waals surface area contributed by atoms with Crippen LogP contribution in [0.1, 0.15) is 31.1 Å². The van der Waals surface area contributed by atoms with Gasteiger partial charge in [-0.15, -0.1) is 0 Å². The Morgan fingerprint density at radius 3 is 2.33 bits per heavy atom. The first-order chi connectivity index (χ1) is 9.94. The summed E-state index contributed by atoms with van der Waals surface area (Å²) in [5.41, 5.74) is 0.668. The van der Waals surface area contributed by atoms with Gasteiger partial charge in [0.05, 0.1) is 0 Å². The van der Waals surface area contributed by atoms with Crippen molar-refractivity contribution < 1.29 is 9.53 Å². The molecule has 0 aromatic heterocycles. The van der Waals surface area contributed by atoms with Gasteiger partial charge in [-0.2, -0.15) is 0 Å². The van der Waals surface area contributed by atoms with E-state index >= 15 is 0 Å². The smallest absolute Gasteiger partial charge is 0.251 e. The third kappa shape index (κ3) is 4.95. The Morgan fingerprint density at radius 1 is 1.00 bits per heavy atom. The molecule has 0 saturated carbocycles. The molecule has 0 aliphatic carbocycles. The van der Waals surface area contributed by atoms with Crippen LogP contribution in [-0.2, 0) is 0 Å². The van der Waals surface area contributed by atoms with Gasteiger partial charge in [-0.05, 0) is 35.7 Å². The molecular formula is C18H21NO2. The SMILES string of the molecule is CC(C)(C)CNC(=O)c1cccc(Oc2ccccc2)c1. The van der Waals surface area contributed by atoms with Crippen molar-refractivity contribution in [2.75, 3.05) is 6.54 Å². The standard InChI is InChI=1S/C18H21NO2/c1-18(2,3)13-19-17(20)14-8-7-11-16(12-14)21-15-9-5-4-6-10-15/h4-12H,13H2,1-3H3,(H,19,20). The van der Waals surface area contributed by atoms with Gasteiger partial charge in [0.25, 0.3) is 5.91 Å². The zero-order valence-electron chi connectivity index (χ0n) is 12.7. The van der Waals surface area contributed by atoms with Gasteiger partial charge in [-0.25, -0.2) is 0 Å². The summed E-state index contributed by atoms with van der Waals surface area (Å²) in [4.78, 5) is 12.1. The highest BCUT2D eigenvalue weighted by atomic mass is 16.5. The van der Waals surface area contributed by atoms with Crippen LogP contribution in [-0.4, -0.2) is 12.5 Å². The molecule has 3 heteroatoms. The fourth-order valence-corrected chi connectivity index (χ4v) is 1.77. The molecule has 110 valence electrons. The molecule has 1 amide bonds. The predicted molar refractivity (Wildman–Crippen MR) is 84.7 cm³/mol. The summed E-state index contributed by atoms with van der Waals surface area (Å²) < 4.78 is 5.73. The second kappa shape index (κ2) is 6.44. The van der Waals surface area contributed by atoms with Crippen molar-refractivity contribution in [3.8, 4) is 11.5 Å². The van der Waals surface area contributed by atoms with E-state index < -0.39 is 0 Å². The number of amides is 1. The van der Waals surface area contributed by atoms with Crippen LogP contribution in [0.3, 0.4) is 0 Å². The van der Waals surface area contributed by atoms with Crippen molar-refractivity contribution in [1.29, 1.82) is 0 Å². The fourth-order valence-electron chi connectivity index (χ4n) is 1.77. The molecule has 0 heterocycles. The van der Waals surface area contributed by atoms with Crippen molar-refractivity contribution in [2.24, 2.45) is 5.41 Å². The average Bonchev–Trinajstić information content (AvgIpc) is 2.45. The maximum atomic E-state index is 12.1. The van der Waals surface area contributed by atoms with Crippen LogP contribution in [0.5, 0.6) is 11.5 Å². The lowest BCUT2D eigenvalue weighted by molar-refractivity contribution is 0.0939. The molecule has 0 fully saturated rings. The highest BCUT2D eigenvalue weighted by molar-refractivity contribution is 5.94. The minimum atomic E-state index is -0.0802. The Labute approximate surface area is 126 Å². The zero-order valence-corrected chi connectivity index (χ0v) is 12.7. The molecule has 2 aromatic carbocycles. The van der Waals surface area contributed by atoms with Gasteiger partial charge in [0.1, 0.15) is 11.5 Å². The third-order valence-electron chi connectivity index (χ3n) is 2.85. The molecule has 0 unspecified atom stereocenters. The number of carbonyl (C=O) groups is 1. The van der Waals surface area contributed by atoms with Crippen LogP contribution in [0.25, 0.3) is 0 Å². The lowest BCUT2D eigenvalue weighted by Crippen LogP contribution is -2.32. The number of nitrogens with one attached hydrogen (secondary N) is 1. The van der Waals surface area contributed by atoms with E-state index in [9.17, 15) is 4.79 Å². The Balaban J connectivity index is 2.05. The Kier molecular flexibility index (Phi) is 4.63. The van der Waals surface area contributed by atoms with Gasteiger partial charge in [-0.1, -0.05) is 45.0 Å². The molecule has 0 saturated heterocycles. The van der Waals surface area contributed by atoms with Crippen LogP contribution < -0.4 is 10.1 Å². The Hall–Kier alpha value is -2.29. The van der Waals surface area contributed by atoms with E-state index in [1.807, 2.05) is 42.5 Å². The van der Waals surface area contributed by atoms with Gasteiger partial charge in [0, 0.05) is 12.1 Å². The topological polar surface area (TPSA) is 38.3 Å². The number of para-hydroxylation sites is 1. The average molecular weight is 283 g/mol. The highest BCUT2D eigenvalue weighted by Gasteiger charge is 2.13. The quantitative estimate of drug-likeness (QED) is 0.910. The number of carbonyl (C=O) groups excluding carboxylic acids is 1. The first-order valence-corrected chi connectivity index (χ1v) is 7.05. The van der Waals surface area contributed by atoms with Crippen LogP contribution in [0.2, 0.25) is 0 Å². The fraction of sp³-hybridized carbons (Fsp3) is 0.278. The van der Waals surface area contributed by atoms with Crippen LogP contribution >= 0.6 is 0 Å². The Morgan fingerprint density at radius 2 is 1.67 bits per heavy atom. The summed E-state index contributed by atoms with van der Waals surface area (Å²) in [5.74, 6) is 1.33. The van der Waals surface area contributed by atoms with Gasteiger partial charge in [0.15, 0.2) is 0 Å². The molecule has 2 aromatic rings. The molecule has 0 aliphatic rings. The number of benzene rings is 2. The molecule has 21 heavy (non-hydrogen) atoms. The second-order valence-corrected chi connectivity index (χ2v) is 6.19. The summed E-state index contributed by atoms with van der Waals surface area (Å²) in [7, 11) is 0. The molecule has 0 aliphatic heterocycles. The minimum Gasteiger partial charge on any atom is -0.457 e. The minimum absolute atomic E-state index is 0.0633. The number of hydrogen-bond donors (Lipinski definition) is 1. The monoisotopic (exact) mass is 283 g/mol. The second-order valence-electron chi connectivity index (χ2n) is 6.19. The maximum Gasteiger partial charge on any atom is 0.251 e. The normalized spacial score (nSPS) is 11.0. The van der Waals surface area contributed by atoms with Crippen molar-refractivity contribution in [3.05, 3.63) is 60.2 Å². The van der Waals surface area contributed by atoms with E-state index in [0.717, 1.165) is 5.75 Å². The van der Waals surface area contributed by atoms with Gasteiger partial charge >= 0.3 is 0 Å². The van der Waals surface area contributed by atoms with Crippen LogP contribution in [0.15, 0.2) is 54.6 Å². The first-order valence-electron chi connectivity index (χ1n) is 7.05. The van der Waals surface area contributed by atoms with Crippen molar-refractivity contribution >= 4 is 5.91 Å². The van der Waals surface area contributed by atoms with Crippen molar-refractivity contribution in [2.45, 2.75) is 20.8 Å². The van der Waals surface area contributed by atoms with E-state index in [-0.39, 0.29) is 11.3 Å². The van der Waals surface area contributed by atoms with Crippen LogP contribution in [0, 0.1) is 5.41 Å². The summed E-state index contributed by atoms with van der Waals surface area (Å²) in [5, 5.41) is 2.94. The van der Waals surface area contributed by atoms with E-state index in [4.69, 9.17) is 4.74 Å². The largest absolute Gasteiger partial charge is 0.457 e. The summed E-state index contributed by atoms with van der Waals surface area (Å²) in [6, 6.07) is 16.7. The molecule has 0 radical (unpaired) electrons. The lowest BCUT2D eigenvalue weighted by atomic mass is 9.97. The maximum absolute atomic E-state index is 12.1. The molecule has 0 bridgehead atoms. The predicted octanol–water partition coefficient (Wildman–Crippen LogP) is 4.25. The van der Waals surface area contributed by atoms with E-state index in [2.05, 4.69) is 26.1 Å². The molecule has 3 nitrogen and oxygen atoms in total. The van der Waals surface area contributed by atoms with Crippen LogP contribution in [0.4, 0.5) is 0 Å². The van der Waals surface area contributed by atoms with E-state index in [1.165, 1.54) is 0 Å². The summed E-state index contributed by atoms with van der Waals surface area (Å²) in [6.45, 7) is 6.89. The molecule has 2 rings (SSSR count). The summed E-state index contributed by atoms with van der Waals surface area (Å²) in [6.07, 6.45) is 0. The number of hydrogen-bond acceptors (Lipinski definition) is 2. The zero-order chi connectivity index (χ0) is 15.3. The summed E-state index contributed by atoms with van der Waals surface area (Å²) >= 11 is 0. The third-order valence-corrected chi connectivity index (χ3v) is 2.85. The van der Waals surface area contributed by atoms with Gasteiger partial charge in [0.2, 0.25) is 0 Å². The number of rotatable bonds is 4. The molecule has 0 spiro atoms. The lowest BCUT2D eigenvalue weighted by Gasteiger charge is -2.18. The van der Waals surface area contributed by atoms with Crippen molar-refractivity contribution in [1.82, 2.24) is 5.32 Å². The van der Waals surface area contributed by atoms with E-state index in [0.29, 0.717) is 17.9 Å². The first kappa shape index (κ1) is 15.1. The molecular weight excluding hydrogens is 262 g/mol. The molecule has 1 N–H and O–H groups in total. The number of ether oxygens (including phenoxy) is 1. The van der Waals surface area contributed by atoms with Gasteiger partial charge < -0.3 is 10.1 Å². The highest BCUT2D eigenvalue weighted by Crippen LogP contribution is 2.22. The Bertz CT molecular complexity index is 600. The molecule has 0 atom stereocenters.